The lowest BCUT2D eigenvalue weighted by Gasteiger charge is -2.35. The minimum atomic E-state index is -0.151. The molecule has 104 valence electrons. The molecule has 0 aromatic heterocycles. The molecule has 1 rings (SSSR count). The van der Waals surface area contributed by atoms with Crippen LogP contribution < -0.4 is 5.32 Å². The van der Waals surface area contributed by atoms with Gasteiger partial charge in [-0.3, -0.25) is 0 Å². The van der Waals surface area contributed by atoms with Gasteiger partial charge in [0, 0.05) is 12.1 Å². The lowest BCUT2D eigenvalue weighted by Crippen LogP contribution is -2.45. The fourth-order valence-electron chi connectivity index (χ4n) is 2.53. The molecule has 0 aromatic carbocycles. The molecule has 1 aliphatic rings. The maximum atomic E-state index is 8.94. The maximum Gasteiger partial charge on any atom is 0.0683 e. The Morgan fingerprint density at radius 2 is 2.11 bits per heavy atom. The third-order valence-corrected chi connectivity index (χ3v) is 4.17. The summed E-state index contributed by atoms with van der Waals surface area (Å²) in [6.07, 6.45) is 5.88. The smallest absolute Gasteiger partial charge is 0.0683 e. The molecule has 3 nitrogen and oxygen atoms in total. The molecule has 0 radical (unpaired) electrons. The topological polar surface area (TPSA) is 39.1 Å². The normalized spacial score (nSPS) is 25.9. The number of nitrogens with one attached hydrogen (secondary N) is 1. The predicted molar refractivity (Wildman–Crippen MR) is 76.4 cm³/mol. The Kier molecular flexibility index (Phi) is 6.11. The van der Waals surface area contributed by atoms with Gasteiger partial charge in [-0.05, 0) is 66.6 Å². The van der Waals surface area contributed by atoms with Gasteiger partial charge in [-0.2, -0.15) is 5.26 Å². The monoisotopic (exact) mass is 251 g/mol. The third kappa shape index (κ3) is 5.37. The average molecular weight is 251 g/mol. The van der Waals surface area contributed by atoms with Crippen LogP contribution in [0.4, 0.5) is 0 Å². The average Bonchev–Trinajstić information content (AvgIpc) is 2.33. The van der Waals surface area contributed by atoms with Gasteiger partial charge in [0.25, 0.3) is 0 Å². The van der Waals surface area contributed by atoms with Gasteiger partial charge >= 0.3 is 0 Å². The SMILES string of the molecule is CC1CC(NCCCCC(C)(C)C#N)CCN1C. The minimum Gasteiger partial charge on any atom is -0.314 e. The highest BCUT2D eigenvalue weighted by molar-refractivity contribution is 4.91. The van der Waals surface area contributed by atoms with E-state index in [1.54, 1.807) is 0 Å². The first-order chi connectivity index (χ1) is 8.44. The van der Waals surface area contributed by atoms with E-state index in [1.165, 1.54) is 25.8 Å². The van der Waals surface area contributed by atoms with Crippen LogP contribution in [-0.2, 0) is 0 Å². The number of hydrogen-bond donors (Lipinski definition) is 1. The van der Waals surface area contributed by atoms with Crippen molar-refractivity contribution in [1.29, 1.82) is 5.26 Å². The molecule has 0 amide bonds. The van der Waals surface area contributed by atoms with Crippen molar-refractivity contribution in [2.24, 2.45) is 5.41 Å². The molecule has 3 heteroatoms. The molecule has 1 fully saturated rings. The molecule has 2 atom stereocenters. The van der Waals surface area contributed by atoms with Crippen LogP contribution in [0.5, 0.6) is 0 Å². The molecule has 1 N–H and O–H groups in total. The summed E-state index contributed by atoms with van der Waals surface area (Å²) in [5.74, 6) is 0. The van der Waals surface area contributed by atoms with Gasteiger partial charge in [0.05, 0.1) is 11.5 Å². The highest BCUT2D eigenvalue weighted by Crippen LogP contribution is 2.21. The first-order valence-corrected chi connectivity index (χ1v) is 7.29. The fourth-order valence-corrected chi connectivity index (χ4v) is 2.53. The zero-order chi connectivity index (χ0) is 13.6. The van der Waals surface area contributed by atoms with Crippen molar-refractivity contribution in [3.63, 3.8) is 0 Å². The molecule has 0 aliphatic carbocycles. The van der Waals surface area contributed by atoms with E-state index in [1.807, 2.05) is 13.8 Å². The van der Waals surface area contributed by atoms with Crippen molar-refractivity contribution >= 4 is 0 Å². The molecule has 18 heavy (non-hydrogen) atoms. The molecule has 0 saturated carbocycles. The van der Waals surface area contributed by atoms with Gasteiger partial charge in [-0.25, -0.2) is 0 Å². The number of unbranched alkanes of at least 4 members (excludes halogenated alkanes) is 1. The minimum absolute atomic E-state index is 0.151. The highest BCUT2D eigenvalue weighted by atomic mass is 15.1. The summed E-state index contributed by atoms with van der Waals surface area (Å²) in [5, 5.41) is 12.6. The van der Waals surface area contributed by atoms with Gasteiger partial charge in [0.1, 0.15) is 0 Å². The largest absolute Gasteiger partial charge is 0.314 e. The Labute approximate surface area is 113 Å². The second-order valence-electron chi connectivity index (χ2n) is 6.46. The molecule has 0 spiro atoms. The number of nitriles is 1. The molecule has 2 unspecified atom stereocenters. The summed E-state index contributed by atoms with van der Waals surface area (Å²) in [7, 11) is 2.21. The summed E-state index contributed by atoms with van der Waals surface area (Å²) in [6, 6.07) is 3.76. The van der Waals surface area contributed by atoms with Gasteiger partial charge in [-0.1, -0.05) is 6.42 Å². The van der Waals surface area contributed by atoms with E-state index in [0.717, 1.165) is 19.4 Å². The predicted octanol–water partition coefficient (Wildman–Crippen LogP) is 2.78. The van der Waals surface area contributed by atoms with Gasteiger partial charge in [0.15, 0.2) is 0 Å². The van der Waals surface area contributed by atoms with Crippen molar-refractivity contribution in [2.45, 2.75) is 65.0 Å². The van der Waals surface area contributed by atoms with Crippen molar-refractivity contribution in [3.8, 4) is 6.07 Å². The van der Waals surface area contributed by atoms with Crippen LogP contribution in [0, 0.1) is 16.7 Å². The second kappa shape index (κ2) is 7.11. The van der Waals surface area contributed by atoms with Gasteiger partial charge < -0.3 is 10.2 Å². The molecule has 0 aromatic rings. The van der Waals surface area contributed by atoms with E-state index >= 15 is 0 Å². The van der Waals surface area contributed by atoms with Crippen molar-refractivity contribution in [3.05, 3.63) is 0 Å². The standard InChI is InChI=1S/C15H29N3/c1-13-11-14(7-10-18(13)4)17-9-6-5-8-15(2,3)12-16/h13-14,17H,5-11H2,1-4H3. The summed E-state index contributed by atoms with van der Waals surface area (Å²) in [5.41, 5.74) is -0.151. The van der Waals surface area contributed by atoms with E-state index in [-0.39, 0.29) is 5.41 Å². The van der Waals surface area contributed by atoms with Crippen LogP contribution >= 0.6 is 0 Å². The first-order valence-electron chi connectivity index (χ1n) is 7.29. The number of piperidine rings is 1. The zero-order valence-corrected chi connectivity index (χ0v) is 12.5. The van der Waals surface area contributed by atoms with E-state index < -0.39 is 0 Å². The number of nitrogens with zero attached hydrogens (tertiary/aromatic N) is 2. The number of hydrogen-bond acceptors (Lipinski definition) is 3. The third-order valence-electron chi connectivity index (χ3n) is 4.17. The summed E-state index contributed by atoms with van der Waals surface area (Å²) < 4.78 is 0. The molecule has 1 aliphatic heterocycles. The lowest BCUT2D eigenvalue weighted by atomic mass is 9.89. The number of rotatable bonds is 6. The van der Waals surface area contributed by atoms with Crippen molar-refractivity contribution < 1.29 is 0 Å². The van der Waals surface area contributed by atoms with E-state index in [2.05, 4.69) is 30.3 Å². The quantitative estimate of drug-likeness (QED) is 0.738. The molecule has 1 saturated heterocycles. The van der Waals surface area contributed by atoms with Crippen LogP contribution in [-0.4, -0.2) is 37.1 Å². The van der Waals surface area contributed by atoms with E-state index in [4.69, 9.17) is 5.26 Å². The first kappa shape index (κ1) is 15.5. The van der Waals surface area contributed by atoms with Gasteiger partial charge in [-0.15, -0.1) is 0 Å². The Bertz CT molecular complexity index is 280. The van der Waals surface area contributed by atoms with Crippen LogP contribution in [0.2, 0.25) is 0 Å². The van der Waals surface area contributed by atoms with E-state index in [0.29, 0.717) is 12.1 Å². The Balaban J connectivity index is 2.07. The summed E-state index contributed by atoms with van der Waals surface area (Å²) in [4.78, 5) is 2.44. The highest BCUT2D eigenvalue weighted by Gasteiger charge is 2.22. The molecule has 1 heterocycles. The summed E-state index contributed by atoms with van der Waals surface area (Å²) >= 11 is 0. The van der Waals surface area contributed by atoms with Crippen LogP contribution in [0.15, 0.2) is 0 Å². The maximum absolute atomic E-state index is 8.94. The van der Waals surface area contributed by atoms with Crippen molar-refractivity contribution in [1.82, 2.24) is 10.2 Å². The Hall–Kier alpha value is -0.590. The zero-order valence-electron chi connectivity index (χ0n) is 12.5. The Morgan fingerprint density at radius 1 is 1.39 bits per heavy atom. The Morgan fingerprint density at radius 3 is 2.72 bits per heavy atom. The van der Waals surface area contributed by atoms with Crippen LogP contribution in [0.1, 0.15) is 52.9 Å². The van der Waals surface area contributed by atoms with Gasteiger partial charge in [0.2, 0.25) is 0 Å². The molecular formula is C15H29N3. The molecule has 0 bridgehead atoms. The van der Waals surface area contributed by atoms with Crippen LogP contribution in [0.3, 0.4) is 0 Å². The summed E-state index contributed by atoms with van der Waals surface area (Å²) in [6.45, 7) is 8.67. The molecular weight excluding hydrogens is 222 g/mol. The fraction of sp³-hybridized carbons (Fsp3) is 0.933. The van der Waals surface area contributed by atoms with E-state index in [9.17, 15) is 0 Å². The number of likely N-dealkylation sites (tertiary alicyclic amines) is 1. The second-order valence-corrected chi connectivity index (χ2v) is 6.46. The lowest BCUT2D eigenvalue weighted by molar-refractivity contribution is 0.168. The van der Waals surface area contributed by atoms with Crippen molar-refractivity contribution in [2.75, 3.05) is 20.1 Å². The van der Waals surface area contributed by atoms with Crippen LogP contribution in [0.25, 0.3) is 0 Å².